The van der Waals surface area contributed by atoms with Gasteiger partial charge in [0.1, 0.15) is 24.2 Å². The van der Waals surface area contributed by atoms with E-state index in [2.05, 4.69) is 87.4 Å². The van der Waals surface area contributed by atoms with Gasteiger partial charge >= 0.3 is 36.0 Å². The van der Waals surface area contributed by atoms with Crippen LogP contribution < -0.4 is 31.9 Å². The maximum Gasteiger partial charge on any atom is 0.342 e. The highest BCUT2D eigenvalue weighted by Crippen LogP contribution is 2.21. The van der Waals surface area contributed by atoms with Gasteiger partial charge in [0.2, 0.25) is 0 Å². The van der Waals surface area contributed by atoms with E-state index in [0.29, 0.717) is 12.8 Å². The fourth-order valence-corrected chi connectivity index (χ4v) is 8.57. The van der Waals surface area contributed by atoms with E-state index in [1.807, 2.05) is 66.7 Å². The molecule has 398 valence electrons. The zero-order valence-electron chi connectivity index (χ0n) is 43.5. The van der Waals surface area contributed by atoms with Gasteiger partial charge in [-0.25, -0.2) is 28.8 Å². The van der Waals surface area contributed by atoms with E-state index in [0.717, 1.165) is 80.9 Å². The summed E-state index contributed by atoms with van der Waals surface area (Å²) in [7, 11) is 0. The maximum atomic E-state index is 13.9. The lowest BCUT2D eigenvalue weighted by Crippen LogP contribution is -2.59. The van der Waals surface area contributed by atoms with Crippen molar-refractivity contribution in [2.75, 3.05) is 13.2 Å². The molecule has 0 bridgehead atoms. The average Bonchev–Trinajstić information content (AvgIpc) is 3.40. The lowest BCUT2D eigenvalue weighted by molar-refractivity contribution is -0.146. The lowest BCUT2D eigenvalue weighted by Gasteiger charge is -2.36. The van der Waals surface area contributed by atoms with Gasteiger partial charge in [0.25, 0.3) is 0 Å². The first kappa shape index (κ1) is 59.7. The number of carbonyl (C=O) groups is 6. The molecule has 1 fully saturated rings. The topological polar surface area (TPSA) is 202 Å². The van der Waals surface area contributed by atoms with E-state index in [1.165, 1.54) is 0 Å². The molecule has 0 spiro atoms. The quantitative estimate of drug-likeness (QED) is 0.0173. The fourth-order valence-electron chi connectivity index (χ4n) is 8.57. The van der Waals surface area contributed by atoms with Gasteiger partial charge in [-0.2, -0.15) is 0 Å². The van der Waals surface area contributed by atoms with Crippen LogP contribution in [-0.4, -0.2) is 85.5 Å². The molecular formula is C60H74N6O9. The second kappa shape index (κ2) is 36.1. The SMILES string of the molecule is C#CC#CC#CC#COC(=O)[C@H](Cc1ccccc1)NC(=O)N[C@H]1C[C@@H](NC(=O)N[C@@H](Cc2ccccc2)C(=O)OCCCCCCCC)C[C@@H](NC(=O)N[C@@H](Cc2ccccc2)C(=O)OCCCCCCCC)C1. The minimum absolute atomic E-state index is 0.0601. The van der Waals surface area contributed by atoms with Crippen LogP contribution in [0.2, 0.25) is 0 Å². The summed E-state index contributed by atoms with van der Waals surface area (Å²) in [5.41, 5.74) is 2.37. The van der Waals surface area contributed by atoms with Gasteiger partial charge in [0, 0.05) is 55.1 Å². The molecule has 15 heteroatoms. The molecule has 1 saturated carbocycles. The molecule has 0 heterocycles. The molecule has 6 N–H and O–H groups in total. The third kappa shape index (κ3) is 25.6. The van der Waals surface area contributed by atoms with Crippen LogP contribution in [0.15, 0.2) is 91.0 Å². The number of nitrogens with one attached hydrogen (secondary N) is 6. The Hall–Kier alpha value is -7.88. The van der Waals surface area contributed by atoms with E-state index in [9.17, 15) is 28.8 Å². The Bertz CT molecular complexity index is 2370. The van der Waals surface area contributed by atoms with Crippen molar-refractivity contribution in [1.82, 2.24) is 31.9 Å². The number of urea groups is 3. The smallest absolute Gasteiger partial charge is 0.342 e. The zero-order valence-corrected chi connectivity index (χ0v) is 43.5. The molecule has 3 aromatic rings. The van der Waals surface area contributed by atoms with Gasteiger partial charge in [-0.15, -0.1) is 6.42 Å². The third-order valence-corrected chi connectivity index (χ3v) is 12.3. The van der Waals surface area contributed by atoms with Crippen LogP contribution in [0, 0.1) is 48.1 Å². The van der Waals surface area contributed by atoms with Crippen molar-refractivity contribution in [2.45, 2.75) is 166 Å². The van der Waals surface area contributed by atoms with E-state index in [-0.39, 0.29) is 51.7 Å². The Morgan fingerprint density at radius 2 is 0.800 bits per heavy atom. The summed E-state index contributed by atoms with van der Waals surface area (Å²) >= 11 is 0. The van der Waals surface area contributed by atoms with Crippen LogP contribution in [0.1, 0.15) is 127 Å². The number of rotatable bonds is 29. The third-order valence-electron chi connectivity index (χ3n) is 12.3. The second-order valence-corrected chi connectivity index (χ2v) is 18.5. The summed E-state index contributed by atoms with van der Waals surface area (Å²) in [4.78, 5) is 82.1. The Morgan fingerprint density at radius 1 is 0.467 bits per heavy atom. The first-order valence-electron chi connectivity index (χ1n) is 26.4. The highest BCUT2D eigenvalue weighted by atomic mass is 16.5. The van der Waals surface area contributed by atoms with Crippen molar-refractivity contribution in [3.8, 4) is 48.1 Å². The summed E-state index contributed by atoms with van der Waals surface area (Å²) in [6.45, 7) is 4.76. The second-order valence-electron chi connectivity index (χ2n) is 18.5. The van der Waals surface area contributed by atoms with Crippen molar-refractivity contribution in [1.29, 1.82) is 0 Å². The first-order chi connectivity index (χ1) is 36.6. The monoisotopic (exact) mass is 1020 g/mol. The minimum atomic E-state index is -1.19. The Morgan fingerprint density at radius 3 is 1.17 bits per heavy atom. The number of unbranched alkanes of at least 4 members (excludes halogenated alkanes) is 10. The molecule has 0 saturated heterocycles. The highest BCUT2D eigenvalue weighted by molar-refractivity contribution is 5.86. The summed E-state index contributed by atoms with van der Waals surface area (Å²) in [6, 6.07) is 20.4. The van der Waals surface area contributed by atoms with Gasteiger partial charge in [-0.1, -0.05) is 169 Å². The predicted octanol–water partition coefficient (Wildman–Crippen LogP) is 7.96. The summed E-state index contributed by atoms with van der Waals surface area (Å²) in [6.07, 6.45) is 20.6. The minimum Gasteiger partial charge on any atom is -0.464 e. The zero-order chi connectivity index (χ0) is 53.7. The number of ether oxygens (including phenoxy) is 3. The van der Waals surface area contributed by atoms with Gasteiger partial charge < -0.3 is 46.1 Å². The number of carbonyl (C=O) groups excluding carboxylic acids is 6. The van der Waals surface area contributed by atoms with E-state index < -0.39 is 72.3 Å². The molecule has 1 aliphatic carbocycles. The highest BCUT2D eigenvalue weighted by Gasteiger charge is 2.35. The average molecular weight is 1020 g/mol. The van der Waals surface area contributed by atoms with Gasteiger partial charge in [-0.05, 0) is 66.6 Å². The molecule has 0 aliphatic heterocycles. The first-order valence-corrected chi connectivity index (χ1v) is 26.4. The summed E-state index contributed by atoms with van der Waals surface area (Å²) < 4.78 is 16.5. The van der Waals surface area contributed by atoms with Crippen molar-refractivity contribution in [2.24, 2.45) is 0 Å². The molecule has 4 rings (SSSR count). The van der Waals surface area contributed by atoms with Crippen LogP contribution in [0.5, 0.6) is 0 Å². The normalized spacial score (nSPS) is 15.5. The number of amides is 6. The van der Waals surface area contributed by atoms with E-state index >= 15 is 0 Å². The van der Waals surface area contributed by atoms with Gasteiger partial charge in [0.05, 0.1) is 13.2 Å². The molecule has 1 aliphatic rings. The molecule has 6 amide bonds. The Balaban J connectivity index is 1.52. The van der Waals surface area contributed by atoms with Crippen LogP contribution in [0.3, 0.4) is 0 Å². The molecule has 0 aromatic heterocycles. The van der Waals surface area contributed by atoms with Gasteiger partial charge in [-0.3, -0.25) is 0 Å². The van der Waals surface area contributed by atoms with Crippen LogP contribution >= 0.6 is 0 Å². The Kier molecular flexibility index (Phi) is 28.7. The predicted molar refractivity (Wildman–Crippen MR) is 289 cm³/mol. The largest absolute Gasteiger partial charge is 0.464 e. The number of esters is 3. The lowest BCUT2D eigenvalue weighted by atomic mass is 9.87. The number of benzene rings is 3. The number of hydrogen-bond donors (Lipinski definition) is 6. The molecule has 0 unspecified atom stereocenters. The van der Waals surface area contributed by atoms with Crippen molar-refractivity contribution < 1.29 is 43.0 Å². The molecule has 6 atom stereocenters. The van der Waals surface area contributed by atoms with E-state index in [1.54, 1.807) is 24.3 Å². The molecule has 75 heavy (non-hydrogen) atoms. The Labute approximate surface area is 443 Å². The maximum absolute atomic E-state index is 13.9. The summed E-state index contributed by atoms with van der Waals surface area (Å²) in [5.74, 6) is 12.1. The molecular weight excluding hydrogens is 949 g/mol. The van der Waals surface area contributed by atoms with Gasteiger partial charge in [0.15, 0.2) is 0 Å². The van der Waals surface area contributed by atoms with Crippen molar-refractivity contribution in [3.63, 3.8) is 0 Å². The number of hydrogen-bond acceptors (Lipinski definition) is 9. The van der Waals surface area contributed by atoms with Crippen molar-refractivity contribution in [3.05, 3.63) is 108 Å². The standard InChI is InChI=1S/C60H74N6O9/c1-4-7-10-13-16-28-37-73-55(67)52(40-46-31-22-19-23-32-46)64-58(70)61-49-43-50(62-59(71)65-53(41-47-33-24-20-25-34-47)56(68)74-38-29-17-14-11-8-5-2)45-51(44-49)63-60(72)66-54(42-48-35-26-21-27-36-48)57(69)75-39-30-18-15-12-9-6-3/h1,19-27,31-36,49-54H,5-6,8-9,11-12,14-15,17-18,29-30,38-45H2,2-3H3,(H2,61,64,70)(H2,62,65,71)(H2,63,66,72)/t49-,50+,51-,52-,53-,54-/m0/s1. The fraction of sp³-hybridized carbons (Fsp3) is 0.467. The van der Waals surface area contributed by atoms with Crippen LogP contribution in [0.25, 0.3) is 0 Å². The number of terminal acetylenes is 1. The summed E-state index contributed by atoms with van der Waals surface area (Å²) in [5, 5.41) is 17.2. The van der Waals surface area contributed by atoms with Crippen LogP contribution in [-0.2, 0) is 47.9 Å². The molecule has 15 nitrogen and oxygen atoms in total. The molecule has 0 radical (unpaired) electrons. The molecule has 3 aromatic carbocycles. The van der Waals surface area contributed by atoms with Crippen LogP contribution in [0.4, 0.5) is 14.4 Å². The van der Waals surface area contributed by atoms with E-state index in [4.69, 9.17) is 20.6 Å². The van der Waals surface area contributed by atoms with Crippen molar-refractivity contribution >= 4 is 36.0 Å².